The number of benzene rings is 3. The van der Waals surface area contributed by atoms with Crippen LogP contribution in [0, 0.1) is 6.92 Å². The third-order valence-corrected chi connectivity index (χ3v) is 10.3. The number of carbonyl (C=O) groups is 2. The minimum atomic E-state index is -0.829. The molecule has 3 heterocycles. The summed E-state index contributed by atoms with van der Waals surface area (Å²) in [5.74, 6) is 1.97. The Morgan fingerprint density at radius 3 is 2.63 bits per heavy atom. The van der Waals surface area contributed by atoms with Gasteiger partial charge < -0.3 is 28.8 Å². The molecule has 0 amide bonds. The Labute approximate surface area is 307 Å². The number of aromatic nitrogens is 1. The van der Waals surface area contributed by atoms with Gasteiger partial charge in [0.25, 0.3) is 0 Å². The molecular formula is C39H41ClN2O8S. The number of carbonyl (C=O) groups excluding carboxylic acids is 1. The highest BCUT2D eigenvalue weighted by Crippen LogP contribution is 2.38. The number of fused-ring (bicyclic) bond motifs is 1. The minimum Gasteiger partial charge on any atom is -0.488 e. The van der Waals surface area contributed by atoms with Gasteiger partial charge in [0.1, 0.15) is 44.0 Å². The maximum Gasteiger partial charge on any atom is 0.320 e. The fourth-order valence-corrected chi connectivity index (χ4v) is 7.39. The van der Waals surface area contributed by atoms with Gasteiger partial charge >= 0.3 is 11.9 Å². The Morgan fingerprint density at radius 2 is 1.80 bits per heavy atom. The van der Waals surface area contributed by atoms with Crippen molar-refractivity contribution in [1.29, 1.82) is 0 Å². The van der Waals surface area contributed by atoms with Crippen LogP contribution in [0.25, 0.3) is 11.1 Å². The lowest BCUT2D eigenvalue weighted by Crippen LogP contribution is -2.44. The average molecular weight is 733 g/mol. The summed E-state index contributed by atoms with van der Waals surface area (Å²) in [6.45, 7) is 4.64. The van der Waals surface area contributed by atoms with Gasteiger partial charge in [0.15, 0.2) is 11.5 Å². The molecule has 3 aromatic carbocycles. The SMILES string of the molecule is COC(=O)CCSc1cncc(COc2cc(OCc3cccc(-c4ccc5c(c4)OCCO5)c3C)c(Cl)cc2CN2CCCC[C@H]2C(=O)O)c1. The molecule has 0 aliphatic carbocycles. The number of ether oxygens (including phenoxy) is 5. The number of hydrogen-bond donors (Lipinski definition) is 1. The fraction of sp³-hybridized carbons (Fsp3) is 0.359. The highest BCUT2D eigenvalue weighted by Gasteiger charge is 2.29. The van der Waals surface area contributed by atoms with E-state index in [1.165, 1.54) is 18.9 Å². The van der Waals surface area contributed by atoms with Crippen molar-refractivity contribution >= 4 is 35.3 Å². The zero-order chi connectivity index (χ0) is 35.7. The first kappa shape index (κ1) is 36.3. The summed E-state index contributed by atoms with van der Waals surface area (Å²) in [5.41, 5.74) is 5.76. The van der Waals surface area contributed by atoms with Crippen molar-refractivity contribution in [3.05, 3.63) is 94.3 Å². The van der Waals surface area contributed by atoms with E-state index in [0.717, 1.165) is 62.6 Å². The number of methoxy groups -OCH3 is 1. The molecule has 1 saturated heterocycles. The van der Waals surface area contributed by atoms with Crippen molar-refractivity contribution in [2.75, 3.05) is 32.6 Å². The Morgan fingerprint density at radius 1 is 0.980 bits per heavy atom. The summed E-state index contributed by atoms with van der Waals surface area (Å²) in [6, 6.07) is 17.1. The molecule has 2 aliphatic rings. The van der Waals surface area contributed by atoms with E-state index in [-0.39, 0.29) is 19.2 Å². The summed E-state index contributed by atoms with van der Waals surface area (Å²) in [5, 5.41) is 10.3. The highest BCUT2D eigenvalue weighted by molar-refractivity contribution is 7.99. The first-order valence-corrected chi connectivity index (χ1v) is 18.3. The molecular weight excluding hydrogens is 692 g/mol. The molecule has 10 nitrogen and oxygen atoms in total. The number of thioether (sulfide) groups is 1. The summed E-state index contributed by atoms with van der Waals surface area (Å²) in [4.78, 5) is 30.9. The van der Waals surface area contributed by atoms with Crippen LogP contribution in [0.15, 0.2) is 71.9 Å². The second-order valence-electron chi connectivity index (χ2n) is 12.4. The standard InChI is InChI=1S/C39H41ClN2O8S/c1-25-28(6-5-7-31(25)27-9-10-34-37(18-27)48-14-13-47-34)24-50-36-19-35(29(17-32(36)40)22-42-12-4-3-8-33(42)39(44)45)49-23-26-16-30(21-41-20-26)51-15-11-38(43)46-2/h5-7,9-10,16-21,33H,3-4,8,11-15,22-24H2,1-2H3,(H,44,45)/t33-/m0/s1. The van der Waals surface area contributed by atoms with Crippen LogP contribution >= 0.6 is 23.4 Å². The molecule has 6 rings (SSSR count). The molecule has 0 spiro atoms. The van der Waals surface area contributed by atoms with Crippen LogP contribution < -0.4 is 18.9 Å². The van der Waals surface area contributed by atoms with Gasteiger partial charge in [-0.05, 0) is 72.8 Å². The molecule has 268 valence electrons. The second-order valence-corrected chi connectivity index (χ2v) is 14.0. The van der Waals surface area contributed by atoms with E-state index < -0.39 is 12.0 Å². The van der Waals surface area contributed by atoms with Crippen molar-refractivity contribution in [1.82, 2.24) is 9.88 Å². The molecule has 51 heavy (non-hydrogen) atoms. The van der Waals surface area contributed by atoms with Gasteiger partial charge in [-0.2, -0.15) is 0 Å². The molecule has 4 aromatic rings. The van der Waals surface area contributed by atoms with Crippen molar-refractivity contribution in [2.45, 2.75) is 63.3 Å². The summed E-state index contributed by atoms with van der Waals surface area (Å²) >= 11 is 8.37. The smallest absolute Gasteiger partial charge is 0.320 e. The van der Waals surface area contributed by atoms with Crippen molar-refractivity contribution in [3.63, 3.8) is 0 Å². The Balaban J connectivity index is 1.22. The minimum absolute atomic E-state index is 0.214. The Bertz CT molecular complexity index is 1870. The third-order valence-electron chi connectivity index (χ3n) is 9.04. The van der Waals surface area contributed by atoms with Gasteiger partial charge in [0.2, 0.25) is 0 Å². The van der Waals surface area contributed by atoms with Crippen molar-refractivity contribution < 1.29 is 38.4 Å². The zero-order valence-corrected chi connectivity index (χ0v) is 30.3. The predicted molar refractivity (Wildman–Crippen MR) is 195 cm³/mol. The lowest BCUT2D eigenvalue weighted by Gasteiger charge is -2.33. The zero-order valence-electron chi connectivity index (χ0n) is 28.7. The van der Waals surface area contributed by atoms with Crippen LogP contribution in [-0.2, 0) is 34.1 Å². The monoisotopic (exact) mass is 732 g/mol. The van der Waals surface area contributed by atoms with Crippen LogP contribution in [-0.4, -0.2) is 65.6 Å². The van der Waals surface area contributed by atoms with Gasteiger partial charge in [0.05, 0.1) is 18.6 Å². The molecule has 0 bridgehead atoms. The van der Waals surface area contributed by atoms with Crippen LogP contribution in [0.1, 0.15) is 47.9 Å². The predicted octanol–water partition coefficient (Wildman–Crippen LogP) is 7.73. The largest absolute Gasteiger partial charge is 0.488 e. The van der Waals surface area contributed by atoms with E-state index in [0.29, 0.717) is 61.4 Å². The van der Waals surface area contributed by atoms with E-state index in [1.54, 1.807) is 18.5 Å². The lowest BCUT2D eigenvalue weighted by molar-refractivity contribution is -0.145. The lowest BCUT2D eigenvalue weighted by atomic mass is 9.96. The number of carboxylic acid groups (broad SMARTS) is 1. The first-order chi connectivity index (χ1) is 24.8. The number of rotatable bonds is 14. The van der Waals surface area contributed by atoms with Crippen LogP contribution in [0.4, 0.5) is 0 Å². The highest BCUT2D eigenvalue weighted by atomic mass is 35.5. The summed E-state index contributed by atoms with van der Waals surface area (Å²) < 4.78 is 29.0. The number of likely N-dealkylation sites (tertiary alicyclic amines) is 1. The molecule has 2 aliphatic heterocycles. The number of pyridine rings is 1. The van der Waals surface area contributed by atoms with Gasteiger partial charge in [0, 0.05) is 46.8 Å². The number of piperidine rings is 1. The van der Waals surface area contributed by atoms with Crippen molar-refractivity contribution in [2.24, 2.45) is 0 Å². The van der Waals surface area contributed by atoms with Gasteiger partial charge in [-0.1, -0.05) is 42.3 Å². The Kier molecular flexibility index (Phi) is 12.2. The van der Waals surface area contributed by atoms with Gasteiger partial charge in [-0.15, -0.1) is 11.8 Å². The van der Waals surface area contributed by atoms with Gasteiger partial charge in [-0.3, -0.25) is 19.5 Å². The molecule has 1 atom stereocenters. The molecule has 0 radical (unpaired) electrons. The number of esters is 1. The summed E-state index contributed by atoms with van der Waals surface area (Å²) in [7, 11) is 1.38. The normalized spacial score (nSPS) is 15.6. The fourth-order valence-electron chi connectivity index (χ4n) is 6.28. The average Bonchev–Trinajstić information content (AvgIpc) is 3.14. The maximum absolute atomic E-state index is 12.1. The van der Waals surface area contributed by atoms with Crippen LogP contribution in [0.5, 0.6) is 23.0 Å². The second kappa shape index (κ2) is 17.2. The van der Waals surface area contributed by atoms with E-state index in [4.69, 9.17) is 35.3 Å². The number of nitrogens with zero attached hydrogens (tertiary/aromatic N) is 2. The molecule has 1 fully saturated rings. The topological polar surface area (TPSA) is 117 Å². The quantitative estimate of drug-likeness (QED) is 0.101. The molecule has 0 saturated carbocycles. The van der Waals surface area contributed by atoms with E-state index >= 15 is 0 Å². The summed E-state index contributed by atoms with van der Waals surface area (Å²) in [6.07, 6.45) is 6.18. The van der Waals surface area contributed by atoms with E-state index in [9.17, 15) is 14.7 Å². The molecule has 1 N–H and O–H groups in total. The van der Waals surface area contributed by atoms with Crippen LogP contribution in [0.2, 0.25) is 5.02 Å². The van der Waals surface area contributed by atoms with Crippen molar-refractivity contribution in [3.8, 4) is 34.1 Å². The van der Waals surface area contributed by atoms with E-state index in [2.05, 4.69) is 18.0 Å². The maximum atomic E-state index is 12.1. The van der Waals surface area contributed by atoms with Crippen LogP contribution in [0.3, 0.4) is 0 Å². The molecule has 0 unspecified atom stereocenters. The first-order valence-electron chi connectivity index (χ1n) is 17.0. The number of carboxylic acids is 1. The number of aliphatic carboxylic acids is 1. The number of halogens is 1. The molecule has 1 aromatic heterocycles. The Hall–Kier alpha value is -4.45. The van der Waals surface area contributed by atoms with E-state index in [1.807, 2.05) is 47.4 Å². The molecule has 12 heteroatoms. The third kappa shape index (κ3) is 9.27. The van der Waals surface area contributed by atoms with Gasteiger partial charge in [-0.25, -0.2) is 0 Å². The number of hydrogen-bond acceptors (Lipinski definition) is 10.